The lowest BCUT2D eigenvalue weighted by Gasteiger charge is -2.22. The number of sulfone groups is 1. The fourth-order valence-corrected chi connectivity index (χ4v) is 4.58. The number of methoxy groups -OCH3 is 1. The van der Waals surface area contributed by atoms with E-state index in [1.807, 2.05) is 30.3 Å². The Hall–Kier alpha value is -1.66. The number of benzene rings is 1. The van der Waals surface area contributed by atoms with Crippen molar-refractivity contribution in [3.05, 3.63) is 35.9 Å². The van der Waals surface area contributed by atoms with Crippen molar-refractivity contribution in [2.45, 2.75) is 23.8 Å². The van der Waals surface area contributed by atoms with Crippen LogP contribution >= 0.6 is 0 Å². The molecule has 1 aromatic carbocycles. The van der Waals surface area contributed by atoms with Crippen LogP contribution < -0.4 is 4.74 Å². The number of hydrogen-bond acceptors (Lipinski definition) is 5. The lowest BCUT2D eigenvalue weighted by Crippen LogP contribution is -2.30. The van der Waals surface area contributed by atoms with E-state index in [4.69, 9.17) is 9.47 Å². The molecular formula is C16H19NO4S. The summed E-state index contributed by atoms with van der Waals surface area (Å²) in [5.41, 5.74) is 1.42. The molecule has 0 saturated carbocycles. The first-order valence-corrected chi connectivity index (χ1v) is 9.03. The Morgan fingerprint density at radius 3 is 2.73 bits per heavy atom. The number of pyridine rings is 1. The number of aromatic nitrogens is 1. The summed E-state index contributed by atoms with van der Waals surface area (Å²) >= 11 is 0. The van der Waals surface area contributed by atoms with E-state index in [0.717, 1.165) is 10.9 Å². The molecule has 3 rings (SSSR count). The Bertz CT molecular complexity index is 767. The van der Waals surface area contributed by atoms with Gasteiger partial charge in [-0.3, -0.25) is 0 Å². The molecule has 2 heterocycles. The van der Waals surface area contributed by atoms with Crippen molar-refractivity contribution in [3.63, 3.8) is 0 Å². The van der Waals surface area contributed by atoms with Crippen LogP contribution in [0.4, 0.5) is 0 Å². The van der Waals surface area contributed by atoms with Gasteiger partial charge in [-0.25, -0.2) is 13.4 Å². The van der Waals surface area contributed by atoms with Crippen molar-refractivity contribution >= 4 is 20.7 Å². The fraction of sp³-hybridized carbons (Fsp3) is 0.438. The van der Waals surface area contributed by atoms with Crippen LogP contribution in [-0.2, 0) is 20.3 Å². The van der Waals surface area contributed by atoms with Crippen molar-refractivity contribution in [1.29, 1.82) is 0 Å². The normalized spacial score (nSPS) is 16.8. The number of ether oxygens (including phenoxy) is 2. The van der Waals surface area contributed by atoms with Crippen LogP contribution in [0.2, 0.25) is 0 Å². The Kier molecular flexibility index (Phi) is 4.31. The number of nitrogens with zero attached hydrogens (tertiary/aromatic N) is 1. The lowest BCUT2D eigenvalue weighted by molar-refractivity contribution is 0.0983. The molecule has 0 bridgehead atoms. The summed E-state index contributed by atoms with van der Waals surface area (Å²) in [6.45, 7) is 1.02. The molecule has 0 aliphatic carbocycles. The second-order valence-electron chi connectivity index (χ2n) is 5.47. The van der Waals surface area contributed by atoms with E-state index in [0.29, 0.717) is 37.5 Å². The largest absolute Gasteiger partial charge is 0.481 e. The van der Waals surface area contributed by atoms with E-state index in [1.165, 1.54) is 7.11 Å². The van der Waals surface area contributed by atoms with Gasteiger partial charge in [-0.1, -0.05) is 18.2 Å². The van der Waals surface area contributed by atoms with Crippen molar-refractivity contribution in [1.82, 2.24) is 4.98 Å². The molecule has 1 aliphatic heterocycles. The van der Waals surface area contributed by atoms with E-state index in [2.05, 4.69) is 4.98 Å². The molecule has 22 heavy (non-hydrogen) atoms. The highest BCUT2D eigenvalue weighted by Crippen LogP contribution is 2.27. The van der Waals surface area contributed by atoms with Gasteiger partial charge in [0.1, 0.15) is 0 Å². The zero-order valence-electron chi connectivity index (χ0n) is 12.5. The highest BCUT2D eigenvalue weighted by Gasteiger charge is 2.29. The Labute approximate surface area is 130 Å². The molecule has 1 aliphatic rings. The van der Waals surface area contributed by atoms with Crippen LogP contribution in [0.25, 0.3) is 10.9 Å². The first kappa shape index (κ1) is 15.2. The molecule has 0 radical (unpaired) electrons. The smallest absolute Gasteiger partial charge is 0.217 e. The van der Waals surface area contributed by atoms with E-state index in [9.17, 15) is 8.42 Å². The van der Waals surface area contributed by atoms with Gasteiger partial charge in [-0.15, -0.1) is 0 Å². The molecule has 0 spiro atoms. The van der Waals surface area contributed by atoms with Gasteiger partial charge in [0, 0.05) is 24.2 Å². The molecule has 1 saturated heterocycles. The number of hydrogen-bond donors (Lipinski definition) is 0. The predicted molar refractivity (Wildman–Crippen MR) is 84.8 cm³/mol. The maximum atomic E-state index is 12.6. The van der Waals surface area contributed by atoms with Gasteiger partial charge < -0.3 is 9.47 Å². The maximum Gasteiger partial charge on any atom is 0.217 e. The Morgan fingerprint density at radius 2 is 2.00 bits per heavy atom. The summed E-state index contributed by atoms with van der Waals surface area (Å²) in [5.74, 6) is 0.341. The van der Waals surface area contributed by atoms with Crippen LogP contribution in [0.3, 0.4) is 0 Å². The molecule has 0 atom stereocenters. The molecule has 1 fully saturated rings. The maximum absolute atomic E-state index is 12.6. The van der Waals surface area contributed by atoms with Gasteiger partial charge in [-0.05, 0) is 25.0 Å². The van der Waals surface area contributed by atoms with E-state index < -0.39 is 9.84 Å². The third-order valence-corrected chi connectivity index (χ3v) is 6.19. The van der Waals surface area contributed by atoms with Gasteiger partial charge in [0.05, 0.1) is 23.6 Å². The molecule has 0 unspecified atom stereocenters. The minimum Gasteiger partial charge on any atom is -0.481 e. The Balaban J connectivity index is 1.95. The predicted octanol–water partition coefficient (Wildman–Crippen LogP) is 2.34. The minimum absolute atomic E-state index is 0.0430. The first-order chi connectivity index (χ1) is 10.6. The van der Waals surface area contributed by atoms with Crippen LogP contribution in [-0.4, -0.2) is 39.0 Å². The summed E-state index contributed by atoms with van der Waals surface area (Å²) in [4.78, 5) is 4.41. The summed E-state index contributed by atoms with van der Waals surface area (Å²) in [5, 5.41) is 0.581. The number of para-hydroxylation sites is 1. The zero-order valence-corrected chi connectivity index (χ0v) is 13.3. The molecule has 118 valence electrons. The fourth-order valence-electron chi connectivity index (χ4n) is 2.79. The highest BCUT2D eigenvalue weighted by atomic mass is 32.2. The van der Waals surface area contributed by atoms with E-state index in [-0.39, 0.29) is 11.0 Å². The molecule has 1 aromatic heterocycles. The van der Waals surface area contributed by atoms with Crippen LogP contribution in [0.5, 0.6) is 5.88 Å². The van der Waals surface area contributed by atoms with E-state index in [1.54, 1.807) is 0 Å². The van der Waals surface area contributed by atoms with E-state index >= 15 is 0 Å². The first-order valence-electron chi connectivity index (χ1n) is 7.32. The van der Waals surface area contributed by atoms with Crippen LogP contribution in [0, 0.1) is 0 Å². The summed E-state index contributed by atoms with van der Waals surface area (Å²) in [7, 11) is -1.72. The standard InChI is InChI=1S/C16H19NO4S/c1-20-16-13(10-12-4-2-3-5-15(12)17-16)11-22(18,19)14-6-8-21-9-7-14/h2-5,10,14H,6-9,11H2,1H3. The molecular weight excluding hydrogens is 302 g/mol. The van der Waals surface area contributed by atoms with Gasteiger partial charge >= 0.3 is 0 Å². The van der Waals surface area contributed by atoms with Crippen molar-refractivity contribution < 1.29 is 17.9 Å². The second-order valence-corrected chi connectivity index (χ2v) is 7.75. The molecule has 6 heteroatoms. The summed E-state index contributed by atoms with van der Waals surface area (Å²) in [6.07, 6.45) is 1.12. The van der Waals surface area contributed by atoms with Gasteiger partial charge in [0.15, 0.2) is 9.84 Å². The molecule has 0 amide bonds. The topological polar surface area (TPSA) is 65.5 Å². The summed E-state index contributed by atoms with van der Waals surface area (Å²) < 4.78 is 35.8. The lowest BCUT2D eigenvalue weighted by atomic mass is 10.2. The number of rotatable bonds is 4. The third kappa shape index (κ3) is 3.08. The quantitative estimate of drug-likeness (QED) is 0.865. The highest BCUT2D eigenvalue weighted by molar-refractivity contribution is 7.91. The van der Waals surface area contributed by atoms with Gasteiger partial charge in [-0.2, -0.15) is 0 Å². The van der Waals surface area contributed by atoms with Crippen molar-refractivity contribution in [3.8, 4) is 5.88 Å². The third-order valence-electron chi connectivity index (χ3n) is 3.99. The molecule has 2 aromatic rings. The van der Waals surface area contributed by atoms with Crippen molar-refractivity contribution in [2.24, 2.45) is 0 Å². The molecule has 0 N–H and O–H groups in total. The van der Waals surface area contributed by atoms with Gasteiger partial charge in [0.2, 0.25) is 5.88 Å². The SMILES string of the molecule is COc1nc2ccccc2cc1CS(=O)(=O)C1CCOCC1. The molecule has 5 nitrogen and oxygen atoms in total. The monoisotopic (exact) mass is 321 g/mol. The van der Waals surface area contributed by atoms with Crippen molar-refractivity contribution in [2.75, 3.05) is 20.3 Å². The van der Waals surface area contributed by atoms with Crippen LogP contribution in [0.1, 0.15) is 18.4 Å². The zero-order chi connectivity index (χ0) is 15.6. The second kappa shape index (κ2) is 6.22. The van der Waals surface area contributed by atoms with Gasteiger partial charge in [0.25, 0.3) is 0 Å². The number of fused-ring (bicyclic) bond motifs is 1. The Morgan fingerprint density at radius 1 is 1.27 bits per heavy atom. The minimum atomic E-state index is -3.24. The van der Waals surface area contributed by atoms with Crippen LogP contribution in [0.15, 0.2) is 30.3 Å². The summed E-state index contributed by atoms with van der Waals surface area (Å²) in [6, 6.07) is 9.47. The average Bonchev–Trinajstić information content (AvgIpc) is 2.54. The average molecular weight is 321 g/mol.